The fourth-order valence-corrected chi connectivity index (χ4v) is 0.0456. The molecule has 0 N–H and O–H groups in total. The molecule has 1 radical (unpaired) electrons. The number of hydrogen-bond donors (Lipinski definition) is 0. The van der Waals surface area contributed by atoms with E-state index in [0.717, 1.165) is 0 Å². The van der Waals surface area contributed by atoms with Crippen LogP contribution in [0, 0.1) is 11.3 Å². The van der Waals surface area contributed by atoms with E-state index in [4.69, 9.17) is 5.26 Å². The third-order valence-corrected chi connectivity index (χ3v) is 0.214. The van der Waals surface area contributed by atoms with E-state index < -0.39 is 0 Å². The fraction of sp³-hybridized carbons (Fsp3) is 0.667. The summed E-state index contributed by atoms with van der Waals surface area (Å²) in [4.78, 5) is 0. The Kier molecular flexibility index (Phi) is 3.07. The Morgan fingerprint density at radius 2 is 2.40 bits per heavy atom. The number of rotatable bonds is 1. The normalized spacial score (nSPS) is 6.40. The maximum absolute atomic E-state index is 9.31. The van der Waals surface area contributed by atoms with E-state index in [9.17, 15) is 5.11 Å². The van der Waals surface area contributed by atoms with Crippen molar-refractivity contribution in [1.82, 2.24) is 0 Å². The molecule has 0 aliphatic carbocycles. The molecule has 0 fully saturated rings. The fourth-order valence-electron chi connectivity index (χ4n) is 0.0456. The predicted octanol–water partition coefficient (Wildman–Crippen LogP) is 0.331. The number of hydrogen-bond acceptors (Lipinski definition) is 1. The highest BCUT2D eigenvalue weighted by Gasteiger charge is 1.69. The molecule has 2 nitrogen and oxygen atoms in total. The number of nitrogens with zero attached hydrogens (tertiary/aromatic N) is 1. The van der Waals surface area contributed by atoms with Crippen LogP contribution in [0.3, 0.4) is 0 Å². The van der Waals surface area contributed by atoms with Crippen LogP contribution in [-0.2, 0) is 5.11 Å². The second-order valence-corrected chi connectivity index (χ2v) is 0.612. The second-order valence-electron chi connectivity index (χ2n) is 0.612. The Morgan fingerprint density at radius 3 is 2.40 bits per heavy atom. The van der Waals surface area contributed by atoms with E-state index >= 15 is 0 Å². The van der Waals surface area contributed by atoms with Crippen molar-refractivity contribution >= 4 is 0 Å². The highest BCUT2D eigenvalue weighted by molar-refractivity contribution is 4.65. The molecule has 0 heterocycles. The average molecular weight is 70.1 g/mol. The van der Waals surface area contributed by atoms with Gasteiger partial charge in [0.05, 0.1) is 19.1 Å². The van der Waals surface area contributed by atoms with Crippen molar-refractivity contribution in [2.75, 3.05) is 6.61 Å². The Hall–Kier alpha value is -0.550. The molecular weight excluding hydrogens is 66.0 g/mol. The molecule has 0 saturated heterocycles. The Bertz CT molecular complexity index is 45.3. The SMILES string of the molecule is N#CCC[O]. The monoisotopic (exact) mass is 70.0 g/mol. The van der Waals surface area contributed by atoms with Gasteiger partial charge in [-0.1, -0.05) is 0 Å². The molecule has 2 heteroatoms. The maximum atomic E-state index is 9.31. The molecular formula is C3H4NO. The van der Waals surface area contributed by atoms with Crippen molar-refractivity contribution in [2.45, 2.75) is 6.42 Å². The van der Waals surface area contributed by atoms with E-state index in [1.807, 2.05) is 0 Å². The summed E-state index contributed by atoms with van der Waals surface area (Å²) in [6, 6.07) is 1.70. The first kappa shape index (κ1) is 4.45. The minimum Gasteiger partial charge on any atom is -0.236 e. The topological polar surface area (TPSA) is 43.7 Å². The summed E-state index contributed by atoms with van der Waals surface area (Å²) in [6.45, 7) is -0.267. The summed E-state index contributed by atoms with van der Waals surface area (Å²) in [5.74, 6) is 0. The van der Waals surface area contributed by atoms with Gasteiger partial charge < -0.3 is 0 Å². The van der Waals surface area contributed by atoms with E-state index in [-0.39, 0.29) is 13.0 Å². The summed E-state index contributed by atoms with van der Waals surface area (Å²) in [6.07, 6.45) is 0.139. The van der Waals surface area contributed by atoms with Gasteiger partial charge >= 0.3 is 0 Å². The zero-order valence-corrected chi connectivity index (χ0v) is 2.77. The zero-order valence-electron chi connectivity index (χ0n) is 2.77. The van der Waals surface area contributed by atoms with Gasteiger partial charge in [-0.3, -0.25) is 0 Å². The van der Waals surface area contributed by atoms with E-state index in [1.165, 1.54) is 0 Å². The molecule has 0 aliphatic rings. The molecule has 0 aromatic heterocycles. The Labute approximate surface area is 30.7 Å². The van der Waals surface area contributed by atoms with Gasteiger partial charge in [0.25, 0.3) is 0 Å². The third-order valence-electron chi connectivity index (χ3n) is 0.214. The van der Waals surface area contributed by atoms with Gasteiger partial charge in [0, 0.05) is 0 Å². The molecule has 0 amide bonds. The molecule has 27 valence electrons. The lowest BCUT2D eigenvalue weighted by molar-refractivity contribution is 0.201. The van der Waals surface area contributed by atoms with Crippen LogP contribution in [0.5, 0.6) is 0 Å². The number of nitriles is 1. The van der Waals surface area contributed by atoms with Gasteiger partial charge in [-0.2, -0.15) is 5.26 Å². The molecule has 0 rings (SSSR count). The van der Waals surface area contributed by atoms with Gasteiger partial charge in [0.15, 0.2) is 0 Å². The van der Waals surface area contributed by atoms with Crippen molar-refractivity contribution in [1.29, 1.82) is 5.26 Å². The minimum absolute atomic E-state index is 0.139. The van der Waals surface area contributed by atoms with Gasteiger partial charge in [-0.25, -0.2) is 5.11 Å². The standard InChI is InChI=1S/C3H4NO/c4-2-1-3-5/h1,3H2. The van der Waals surface area contributed by atoms with Crippen LogP contribution in [0.25, 0.3) is 0 Å². The zero-order chi connectivity index (χ0) is 4.12. The largest absolute Gasteiger partial charge is 0.236 e. The molecule has 5 heavy (non-hydrogen) atoms. The summed E-state index contributed by atoms with van der Waals surface area (Å²) in [5.41, 5.74) is 0. The molecule has 0 aromatic rings. The van der Waals surface area contributed by atoms with Gasteiger partial charge in [-0.05, 0) is 0 Å². The maximum Gasteiger partial charge on any atom is 0.0952 e. The summed E-state index contributed by atoms with van der Waals surface area (Å²) >= 11 is 0. The first-order valence-corrected chi connectivity index (χ1v) is 1.37. The summed E-state index contributed by atoms with van der Waals surface area (Å²) in [7, 11) is 0. The highest BCUT2D eigenvalue weighted by atomic mass is 16.2. The molecule has 0 bridgehead atoms. The third kappa shape index (κ3) is 3.45. The quantitative estimate of drug-likeness (QED) is 0.438. The van der Waals surface area contributed by atoms with Gasteiger partial charge in [0.1, 0.15) is 0 Å². The van der Waals surface area contributed by atoms with Crippen molar-refractivity contribution < 1.29 is 5.11 Å². The van der Waals surface area contributed by atoms with Crippen LogP contribution < -0.4 is 0 Å². The lowest BCUT2D eigenvalue weighted by Crippen LogP contribution is -1.69. The van der Waals surface area contributed by atoms with E-state index in [2.05, 4.69) is 0 Å². The molecule has 0 spiro atoms. The second kappa shape index (κ2) is 3.45. The van der Waals surface area contributed by atoms with Crippen molar-refractivity contribution in [3.05, 3.63) is 0 Å². The van der Waals surface area contributed by atoms with E-state index in [1.54, 1.807) is 6.07 Å². The predicted molar refractivity (Wildman–Crippen MR) is 15.8 cm³/mol. The molecule has 0 aliphatic heterocycles. The van der Waals surface area contributed by atoms with Crippen LogP contribution in [0.1, 0.15) is 6.42 Å². The highest BCUT2D eigenvalue weighted by Crippen LogP contribution is 1.64. The minimum atomic E-state index is -0.267. The van der Waals surface area contributed by atoms with E-state index in [0.29, 0.717) is 0 Å². The lowest BCUT2D eigenvalue weighted by atomic mass is 10.5. The van der Waals surface area contributed by atoms with Crippen LogP contribution in [-0.4, -0.2) is 6.61 Å². The van der Waals surface area contributed by atoms with Gasteiger partial charge in [0.2, 0.25) is 0 Å². The van der Waals surface area contributed by atoms with Gasteiger partial charge in [-0.15, -0.1) is 0 Å². The Balaban J connectivity index is 2.48. The Morgan fingerprint density at radius 1 is 1.80 bits per heavy atom. The van der Waals surface area contributed by atoms with Crippen LogP contribution >= 0.6 is 0 Å². The smallest absolute Gasteiger partial charge is 0.0952 e. The van der Waals surface area contributed by atoms with Crippen molar-refractivity contribution in [3.63, 3.8) is 0 Å². The van der Waals surface area contributed by atoms with Crippen molar-refractivity contribution in [3.8, 4) is 6.07 Å². The summed E-state index contributed by atoms with van der Waals surface area (Å²) in [5, 5.41) is 16.9. The van der Waals surface area contributed by atoms with Crippen molar-refractivity contribution in [2.24, 2.45) is 0 Å². The molecule has 0 saturated carbocycles. The lowest BCUT2D eigenvalue weighted by Gasteiger charge is -1.62. The molecule has 0 aromatic carbocycles. The average Bonchev–Trinajstić information content (AvgIpc) is 1.41. The van der Waals surface area contributed by atoms with Crippen LogP contribution in [0.4, 0.5) is 0 Å². The molecule has 0 unspecified atom stereocenters. The first-order valence-electron chi connectivity index (χ1n) is 1.37. The first-order chi connectivity index (χ1) is 2.41. The van der Waals surface area contributed by atoms with Crippen LogP contribution in [0.2, 0.25) is 0 Å². The van der Waals surface area contributed by atoms with Crippen LogP contribution in [0.15, 0.2) is 0 Å². The summed E-state index contributed by atoms with van der Waals surface area (Å²) < 4.78 is 0. The molecule has 0 atom stereocenters.